The third kappa shape index (κ3) is 4.44. The van der Waals surface area contributed by atoms with Crippen LogP contribution in [0.25, 0.3) is 0 Å². The van der Waals surface area contributed by atoms with Crippen LogP contribution in [0, 0.1) is 0 Å². The van der Waals surface area contributed by atoms with Gasteiger partial charge in [-0.15, -0.1) is 0 Å². The van der Waals surface area contributed by atoms with Gasteiger partial charge in [-0.25, -0.2) is 0 Å². The summed E-state index contributed by atoms with van der Waals surface area (Å²) in [6.07, 6.45) is 6.13. The second kappa shape index (κ2) is 7.78. The van der Waals surface area contributed by atoms with Gasteiger partial charge in [0.1, 0.15) is 5.75 Å². The summed E-state index contributed by atoms with van der Waals surface area (Å²) in [5.74, 6) is 1.02. The molecule has 4 heteroatoms. The number of benzene rings is 1. The third-order valence-corrected chi connectivity index (χ3v) is 3.67. The van der Waals surface area contributed by atoms with Crippen LogP contribution in [0.5, 0.6) is 5.75 Å². The number of rotatable bonds is 5. The zero-order valence-electron chi connectivity index (χ0n) is 12.0. The first-order valence-electron chi connectivity index (χ1n) is 7.52. The van der Waals surface area contributed by atoms with Crippen LogP contribution in [0.3, 0.4) is 0 Å². The van der Waals surface area contributed by atoms with E-state index in [1.165, 1.54) is 12.8 Å². The molecule has 4 nitrogen and oxygen atoms in total. The van der Waals surface area contributed by atoms with E-state index in [0.29, 0.717) is 24.6 Å². The van der Waals surface area contributed by atoms with Gasteiger partial charge in [0.05, 0.1) is 12.3 Å². The van der Waals surface area contributed by atoms with Gasteiger partial charge in [-0.05, 0) is 31.4 Å². The van der Waals surface area contributed by atoms with Gasteiger partial charge in [-0.3, -0.25) is 4.79 Å². The van der Waals surface area contributed by atoms with Gasteiger partial charge in [0, 0.05) is 19.5 Å². The lowest BCUT2D eigenvalue weighted by Gasteiger charge is -2.24. The number of nitrogens with zero attached hydrogens (tertiary/aromatic N) is 1. The molecule has 1 saturated heterocycles. The average Bonchev–Trinajstić information content (AvgIpc) is 2.43. The number of ether oxygens (including phenoxy) is 1. The fourth-order valence-corrected chi connectivity index (χ4v) is 2.50. The Labute approximate surface area is 120 Å². The Morgan fingerprint density at radius 2 is 1.95 bits per heavy atom. The fourth-order valence-electron chi connectivity index (χ4n) is 2.50. The Hall–Kier alpha value is -1.71. The largest absolute Gasteiger partial charge is 0.491 e. The van der Waals surface area contributed by atoms with Gasteiger partial charge in [-0.1, -0.05) is 25.0 Å². The normalized spacial score (nSPS) is 16.6. The molecule has 2 N–H and O–H groups in total. The lowest BCUT2D eigenvalue weighted by Crippen LogP contribution is -2.34. The van der Waals surface area contributed by atoms with Crippen LogP contribution in [0.1, 0.15) is 38.5 Å². The Morgan fingerprint density at radius 1 is 1.15 bits per heavy atom. The summed E-state index contributed by atoms with van der Waals surface area (Å²) < 4.78 is 5.66. The molecular formula is C16H24N2O2. The summed E-state index contributed by atoms with van der Waals surface area (Å²) in [7, 11) is 0. The molecule has 0 unspecified atom stereocenters. The number of hydrogen-bond acceptors (Lipinski definition) is 3. The molecule has 0 atom stereocenters. The van der Waals surface area contributed by atoms with Crippen molar-refractivity contribution in [3.05, 3.63) is 24.3 Å². The maximum absolute atomic E-state index is 12.0. The highest BCUT2D eigenvalue weighted by Gasteiger charge is 2.14. The van der Waals surface area contributed by atoms with E-state index in [2.05, 4.69) is 0 Å². The standard InChI is InChI=1S/C16H24N2O2/c17-14-8-4-5-9-15(14)20-13-7-12-18-11-6-2-1-3-10-16(18)19/h4-5,8-9H,1-3,6-7,10-13,17H2. The topological polar surface area (TPSA) is 55.6 Å². The van der Waals surface area contributed by atoms with Crippen LogP contribution in [-0.4, -0.2) is 30.5 Å². The van der Waals surface area contributed by atoms with E-state index in [-0.39, 0.29) is 0 Å². The zero-order chi connectivity index (χ0) is 14.2. The van der Waals surface area contributed by atoms with Crippen LogP contribution in [-0.2, 0) is 4.79 Å². The Kier molecular flexibility index (Phi) is 5.71. The van der Waals surface area contributed by atoms with Crippen molar-refractivity contribution < 1.29 is 9.53 Å². The van der Waals surface area contributed by atoms with Crippen LogP contribution < -0.4 is 10.5 Å². The summed E-state index contributed by atoms with van der Waals surface area (Å²) in [5.41, 5.74) is 6.48. The van der Waals surface area contributed by atoms with Crippen LogP contribution in [0.4, 0.5) is 5.69 Å². The highest BCUT2D eigenvalue weighted by atomic mass is 16.5. The Balaban J connectivity index is 1.72. The molecule has 1 aromatic rings. The third-order valence-electron chi connectivity index (χ3n) is 3.67. The molecule has 1 aliphatic heterocycles. The van der Waals surface area contributed by atoms with E-state index < -0.39 is 0 Å². The maximum Gasteiger partial charge on any atom is 0.222 e. The van der Waals surface area contributed by atoms with E-state index in [0.717, 1.165) is 38.1 Å². The number of carbonyl (C=O) groups excluding carboxylic acids is 1. The summed E-state index contributed by atoms with van der Waals surface area (Å²) >= 11 is 0. The van der Waals surface area contributed by atoms with Gasteiger partial charge in [0.15, 0.2) is 0 Å². The van der Waals surface area contributed by atoms with Crippen molar-refractivity contribution in [2.75, 3.05) is 25.4 Å². The van der Waals surface area contributed by atoms with Crippen LogP contribution in [0.15, 0.2) is 24.3 Å². The van der Waals surface area contributed by atoms with Crippen molar-refractivity contribution >= 4 is 11.6 Å². The molecule has 2 rings (SSSR count). The maximum atomic E-state index is 12.0. The predicted molar refractivity (Wildman–Crippen MR) is 80.6 cm³/mol. The molecule has 1 amide bonds. The van der Waals surface area contributed by atoms with Gasteiger partial charge in [0.2, 0.25) is 5.91 Å². The number of likely N-dealkylation sites (tertiary alicyclic amines) is 1. The van der Waals surface area contributed by atoms with Gasteiger partial charge in [0.25, 0.3) is 0 Å². The first kappa shape index (κ1) is 14.7. The lowest BCUT2D eigenvalue weighted by atomic mass is 10.1. The molecule has 0 saturated carbocycles. The molecule has 0 bridgehead atoms. The Morgan fingerprint density at radius 3 is 2.80 bits per heavy atom. The van der Waals surface area contributed by atoms with Crippen LogP contribution in [0.2, 0.25) is 0 Å². The first-order chi connectivity index (χ1) is 9.77. The van der Waals surface area contributed by atoms with Crippen molar-refractivity contribution in [3.8, 4) is 5.75 Å². The van der Waals surface area contributed by atoms with E-state index in [1.54, 1.807) is 0 Å². The van der Waals surface area contributed by atoms with E-state index in [4.69, 9.17) is 10.5 Å². The molecule has 1 aliphatic rings. The summed E-state index contributed by atoms with van der Waals surface area (Å²) in [5, 5.41) is 0. The molecule has 1 heterocycles. The van der Waals surface area contributed by atoms with E-state index >= 15 is 0 Å². The molecule has 0 aliphatic carbocycles. The van der Waals surface area contributed by atoms with Gasteiger partial charge in [-0.2, -0.15) is 0 Å². The molecule has 20 heavy (non-hydrogen) atoms. The lowest BCUT2D eigenvalue weighted by molar-refractivity contribution is -0.131. The number of hydrogen-bond donors (Lipinski definition) is 1. The number of anilines is 1. The zero-order valence-corrected chi connectivity index (χ0v) is 12.0. The minimum atomic E-state index is 0.295. The Bertz CT molecular complexity index is 434. The molecule has 0 spiro atoms. The molecule has 110 valence electrons. The van der Waals surface area contributed by atoms with Crippen molar-refractivity contribution in [2.45, 2.75) is 38.5 Å². The second-order valence-electron chi connectivity index (χ2n) is 5.28. The predicted octanol–water partition coefficient (Wildman–Crippen LogP) is 2.83. The quantitative estimate of drug-likeness (QED) is 0.664. The van der Waals surface area contributed by atoms with Gasteiger partial charge < -0.3 is 15.4 Å². The number of carbonyl (C=O) groups is 1. The highest BCUT2D eigenvalue weighted by Crippen LogP contribution is 2.19. The second-order valence-corrected chi connectivity index (χ2v) is 5.28. The SMILES string of the molecule is Nc1ccccc1OCCCN1CCCCCCC1=O. The first-order valence-corrected chi connectivity index (χ1v) is 7.52. The number of amides is 1. The molecule has 0 aromatic heterocycles. The molecular weight excluding hydrogens is 252 g/mol. The highest BCUT2D eigenvalue weighted by molar-refractivity contribution is 5.76. The minimum Gasteiger partial charge on any atom is -0.491 e. The number of nitrogen functional groups attached to an aromatic ring is 1. The van der Waals surface area contributed by atoms with E-state index in [9.17, 15) is 4.79 Å². The van der Waals surface area contributed by atoms with Crippen molar-refractivity contribution in [1.82, 2.24) is 4.90 Å². The summed E-state index contributed by atoms with van der Waals surface area (Å²) in [6, 6.07) is 7.50. The van der Waals surface area contributed by atoms with E-state index in [1.807, 2.05) is 29.2 Å². The molecule has 1 fully saturated rings. The number of para-hydroxylation sites is 2. The average molecular weight is 276 g/mol. The smallest absolute Gasteiger partial charge is 0.222 e. The molecule has 0 radical (unpaired) electrons. The molecule has 1 aromatic carbocycles. The summed E-state index contributed by atoms with van der Waals surface area (Å²) in [4.78, 5) is 13.9. The minimum absolute atomic E-state index is 0.295. The van der Waals surface area contributed by atoms with Crippen molar-refractivity contribution in [2.24, 2.45) is 0 Å². The van der Waals surface area contributed by atoms with Gasteiger partial charge >= 0.3 is 0 Å². The summed E-state index contributed by atoms with van der Waals surface area (Å²) in [6.45, 7) is 2.27. The fraction of sp³-hybridized carbons (Fsp3) is 0.562. The van der Waals surface area contributed by atoms with Crippen molar-refractivity contribution in [1.29, 1.82) is 0 Å². The number of nitrogens with two attached hydrogens (primary N) is 1. The monoisotopic (exact) mass is 276 g/mol. The van der Waals surface area contributed by atoms with Crippen molar-refractivity contribution in [3.63, 3.8) is 0 Å². The van der Waals surface area contributed by atoms with Crippen LogP contribution >= 0.6 is 0 Å².